The molecule has 3 aliphatic carbocycles. The van der Waals surface area contributed by atoms with Gasteiger partial charge in [0.15, 0.2) is 19.5 Å². The number of hydrogen-bond donors (Lipinski definition) is 0. The molecule has 8 aromatic carbocycles. The van der Waals surface area contributed by atoms with E-state index < -0.39 is 13.7 Å². The topological polar surface area (TPSA) is 63.2 Å². The zero-order chi connectivity index (χ0) is 91.2. The minimum atomic E-state index is -0.681. The third-order valence-electron chi connectivity index (χ3n) is 18.8. The van der Waals surface area contributed by atoms with Crippen molar-refractivity contribution < 1.29 is 55.2 Å². The molecule has 0 aromatic heterocycles. The Morgan fingerprint density at radius 1 is 0.361 bits per heavy atom. The highest BCUT2D eigenvalue weighted by atomic mass is 19.3. The first kappa shape index (κ1) is 120. The number of carbonyl (C=O) groups is 1. The van der Waals surface area contributed by atoms with Crippen LogP contribution in [0, 0.1) is 101 Å². The maximum absolute atomic E-state index is 12.7. The fourth-order valence-corrected chi connectivity index (χ4v) is 11.7. The van der Waals surface area contributed by atoms with Gasteiger partial charge in [0.25, 0.3) is 0 Å². The van der Waals surface area contributed by atoms with Crippen LogP contribution >= 0.6 is 0 Å². The molecule has 8 aromatic rings. The van der Waals surface area contributed by atoms with Crippen LogP contribution in [0.4, 0.5) is 26.5 Å². The van der Waals surface area contributed by atoms with Gasteiger partial charge in [0.1, 0.15) is 17.4 Å². The first-order chi connectivity index (χ1) is 57.6. The number of rotatable bonds is 11. The molecule has 1 heterocycles. The monoisotopic (exact) mass is 1660 g/mol. The summed E-state index contributed by atoms with van der Waals surface area (Å²) in [4.78, 5) is 15.4. The van der Waals surface area contributed by atoms with Crippen LogP contribution in [0.1, 0.15) is 307 Å². The van der Waals surface area contributed by atoms with E-state index in [1.165, 1.54) is 116 Å². The van der Waals surface area contributed by atoms with Crippen molar-refractivity contribution in [1.82, 2.24) is 0 Å². The molecule has 1 unspecified atom stereocenters. The van der Waals surface area contributed by atoms with Crippen molar-refractivity contribution in [3.05, 3.63) is 273 Å². The van der Waals surface area contributed by atoms with Crippen LogP contribution in [0.15, 0.2) is 194 Å². The molecule has 0 radical (unpaired) electrons. The van der Waals surface area contributed by atoms with Gasteiger partial charge < -0.3 is 18.9 Å². The molecule has 0 spiro atoms. The molecular weight excluding hydrogens is 1500 g/mol. The largest absolute Gasteiger partial charge is 0.426 e. The lowest BCUT2D eigenvalue weighted by Gasteiger charge is -2.27. The Morgan fingerprint density at radius 3 is 0.950 bits per heavy atom. The van der Waals surface area contributed by atoms with Gasteiger partial charge in [0, 0.05) is 36.5 Å². The van der Waals surface area contributed by atoms with Gasteiger partial charge in [-0.1, -0.05) is 331 Å². The SMILES string of the molecule is CC.CC.CC.CC.CC.CC.CC.CC.CC1CCC(CF)CC1.CC1CCC(c2ccc(F)cc2)CC1.CC1CC[C@@H](c2ccc(F)cc2)OC1.COCF.COCF.Cc1ccc(C#Cc2ccc(C)cc2)cc1.Cc1ccc(CCc2ccc(C)cc2)cc1.Cc1ccc(OC(=O)C2CCC(C)CC2)cc1.Cc1ccc(OF)cc1. The highest BCUT2D eigenvalue weighted by Gasteiger charge is 2.26. The number of benzene rings is 8. The third kappa shape index (κ3) is 61.9. The van der Waals surface area contributed by atoms with Crippen LogP contribution in [0.3, 0.4) is 0 Å². The van der Waals surface area contributed by atoms with Crippen molar-refractivity contribution >= 4 is 5.97 Å². The van der Waals surface area contributed by atoms with Crippen molar-refractivity contribution in [2.24, 2.45) is 35.5 Å². The van der Waals surface area contributed by atoms with E-state index in [9.17, 15) is 31.3 Å². The van der Waals surface area contributed by atoms with Crippen LogP contribution in [0.25, 0.3) is 0 Å². The molecule has 12 rings (SSSR count). The average molecular weight is 1660 g/mol. The maximum atomic E-state index is 12.7. The van der Waals surface area contributed by atoms with E-state index in [4.69, 9.17) is 9.47 Å². The summed E-state index contributed by atoms with van der Waals surface area (Å²) in [5, 5.41) is 0. The molecular formula is C107H164F6O6. The smallest absolute Gasteiger partial charge is 0.314 e. The van der Waals surface area contributed by atoms with Gasteiger partial charge in [-0.25, -0.2) is 17.6 Å². The van der Waals surface area contributed by atoms with E-state index in [1.807, 2.05) is 173 Å². The summed E-state index contributed by atoms with van der Waals surface area (Å²) in [6, 6.07) is 62.2. The van der Waals surface area contributed by atoms with Gasteiger partial charge in [-0.2, -0.15) is 0 Å². The molecule has 12 heteroatoms. The minimum absolute atomic E-state index is 0.0549. The molecule has 1 saturated heterocycles. The number of ether oxygens (including phenoxy) is 4. The normalized spacial score (nSPS) is 17.0. The average Bonchev–Trinajstić information content (AvgIpc) is 0.874. The van der Waals surface area contributed by atoms with E-state index in [0.717, 1.165) is 104 Å². The number of aryl methyl sites for hydroxylation is 8. The molecule has 670 valence electrons. The first-order valence-corrected chi connectivity index (χ1v) is 44.8. The summed E-state index contributed by atoms with van der Waals surface area (Å²) < 4.78 is 88.6. The Hall–Kier alpha value is -7.95. The summed E-state index contributed by atoms with van der Waals surface area (Å²) in [5.74, 6) is 11.2. The van der Waals surface area contributed by atoms with Crippen LogP contribution in [-0.2, 0) is 31.8 Å². The second kappa shape index (κ2) is 82.4. The van der Waals surface area contributed by atoms with E-state index in [1.54, 1.807) is 36.4 Å². The molecule has 0 bridgehead atoms. The molecule has 3 saturated carbocycles. The zero-order valence-electron chi connectivity index (χ0n) is 79.5. The van der Waals surface area contributed by atoms with Gasteiger partial charge in [-0.05, 0) is 249 Å². The van der Waals surface area contributed by atoms with Crippen molar-refractivity contribution in [3.63, 3.8) is 0 Å². The Balaban J connectivity index is -0.000000409. The van der Waals surface area contributed by atoms with Crippen molar-refractivity contribution in [2.75, 3.05) is 41.2 Å². The number of esters is 1. The molecule has 4 fully saturated rings. The van der Waals surface area contributed by atoms with Crippen LogP contribution in [0.2, 0.25) is 0 Å². The molecule has 119 heavy (non-hydrogen) atoms. The maximum Gasteiger partial charge on any atom is 0.314 e. The van der Waals surface area contributed by atoms with Gasteiger partial charge >= 0.3 is 5.97 Å². The number of halogens is 6. The Morgan fingerprint density at radius 2 is 0.647 bits per heavy atom. The summed E-state index contributed by atoms with van der Waals surface area (Å²) in [6.07, 6.45) is 18.8. The fraction of sp³-hybridized carbons (Fsp3) is 0.523. The van der Waals surface area contributed by atoms with E-state index >= 15 is 0 Å². The number of alkyl halides is 3. The molecule has 0 N–H and O–H groups in total. The van der Waals surface area contributed by atoms with E-state index in [-0.39, 0.29) is 42.0 Å². The van der Waals surface area contributed by atoms with Crippen molar-refractivity contribution in [2.45, 2.75) is 295 Å². The molecule has 6 nitrogen and oxygen atoms in total. The molecule has 1 aliphatic heterocycles. The zero-order valence-corrected chi connectivity index (χ0v) is 79.5. The first-order valence-electron chi connectivity index (χ1n) is 44.8. The summed E-state index contributed by atoms with van der Waals surface area (Å²) in [7, 11) is 2.61. The van der Waals surface area contributed by atoms with E-state index in [0.29, 0.717) is 23.5 Å². The molecule has 2 atom stereocenters. The minimum Gasteiger partial charge on any atom is -0.426 e. The van der Waals surface area contributed by atoms with Crippen LogP contribution < -0.4 is 9.68 Å². The Labute approximate surface area is 724 Å². The lowest BCUT2D eigenvalue weighted by atomic mass is 9.79. The third-order valence-corrected chi connectivity index (χ3v) is 18.8. The lowest BCUT2D eigenvalue weighted by molar-refractivity contribution is -0.140. The highest BCUT2D eigenvalue weighted by Crippen LogP contribution is 2.36. The standard InChI is InChI=1S/C16H18.C16H14.C15H20O2.C13H17F.C12H15FO.C8H15F.C7H7FO.2C2H5FO.8C2H6/c2*1-13-3-7-15(8-4-13)11-12-16-9-5-14(2)6-10-16;1-11-3-7-13(8-4-11)15(16)17-14-9-5-12(2)6-10-14;1-10-2-4-11(5-3-10)12-6-8-13(14)9-7-12;1-9-2-7-12(14-8-9)10-3-5-11(13)6-4-10;1-7-2-4-8(6-9)5-3-7;1-6-2-4-7(9-8)5-3-6;2*1-4-2-3;8*1-2/h3-10H,11-12H2,1-2H3;3-10H,1-2H3;5-6,9-11,13H,3-4,7-8H2,1-2H3;6-11H,2-5H2,1H3;3-6,9,12H,2,7-8H2,1H3;7-8H,2-6H2,1H3;2-5H,1H3;2*2H2,1H3;8*1-2H3/t;;;;9?,12-;;;;;;;;;;;;/m....0............/s1. The van der Waals surface area contributed by atoms with Crippen LogP contribution in [0.5, 0.6) is 11.5 Å². The molecule has 4 aliphatic rings. The van der Waals surface area contributed by atoms with Gasteiger partial charge in [0.05, 0.1) is 18.7 Å². The molecule has 0 amide bonds. The predicted molar refractivity (Wildman–Crippen MR) is 503 cm³/mol. The quantitative estimate of drug-likeness (QED) is 0.0557. The Kier molecular flexibility index (Phi) is 82.8. The van der Waals surface area contributed by atoms with Crippen molar-refractivity contribution in [3.8, 4) is 23.3 Å². The van der Waals surface area contributed by atoms with Gasteiger partial charge in [0.2, 0.25) is 0 Å². The van der Waals surface area contributed by atoms with Crippen LogP contribution in [-0.4, -0.2) is 47.2 Å². The predicted octanol–water partition coefficient (Wildman–Crippen LogP) is 33.3. The van der Waals surface area contributed by atoms with Gasteiger partial charge in [-0.3, -0.25) is 14.1 Å². The second-order valence-corrected chi connectivity index (χ2v) is 28.2. The number of methoxy groups -OCH3 is 2. The van der Waals surface area contributed by atoms with E-state index in [2.05, 4.69) is 179 Å². The van der Waals surface area contributed by atoms with Crippen molar-refractivity contribution in [1.29, 1.82) is 0 Å². The highest BCUT2D eigenvalue weighted by molar-refractivity contribution is 5.75. The summed E-state index contributed by atoms with van der Waals surface area (Å²) >= 11 is 0. The fourth-order valence-electron chi connectivity index (χ4n) is 11.7. The number of hydrogen-bond acceptors (Lipinski definition) is 6. The number of carbonyl (C=O) groups excluding carboxylic acids is 1. The second-order valence-electron chi connectivity index (χ2n) is 28.2. The van der Waals surface area contributed by atoms with Gasteiger partial charge in [-0.15, -0.1) is 0 Å². The lowest BCUT2D eigenvalue weighted by Crippen LogP contribution is -2.24. The summed E-state index contributed by atoms with van der Waals surface area (Å²) in [5.41, 5.74) is 14.8. The summed E-state index contributed by atoms with van der Waals surface area (Å²) in [6.45, 7) is 52.8. The Bertz CT molecular complexity index is 3340.